The Bertz CT molecular complexity index is 262. The van der Waals surface area contributed by atoms with Crippen LogP contribution in [0.1, 0.15) is 91.4 Å². The van der Waals surface area contributed by atoms with Crippen LogP contribution < -0.4 is 0 Å². The molecule has 0 aromatic carbocycles. The van der Waals surface area contributed by atoms with E-state index in [2.05, 4.69) is 43.0 Å². The molecule has 2 nitrogen and oxygen atoms in total. The Kier molecular flexibility index (Phi) is 10.5. The zero-order valence-corrected chi connectivity index (χ0v) is 14.8. The second-order valence-electron chi connectivity index (χ2n) is 6.59. The van der Waals surface area contributed by atoms with Gasteiger partial charge in [0.15, 0.2) is 0 Å². The van der Waals surface area contributed by atoms with Gasteiger partial charge in [0.05, 0.1) is 6.17 Å². The van der Waals surface area contributed by atoms with Crippen molar-refractivity contribution in [2.75, 3.05) is 13.1 Å². The molecule has 0 saturated carbocycles. The number of rotatable bonds is 13. The third-order valence-electron chi connectivity index (χ3n) is 4.70. The van der Waals surface area contributed by atoms with Crippen molar-refractivity contribution in [1.82, 2.24) is 9.80 Å². The molecule has 0 bridgehead atoms. The van der Waals surface area contributed by atoms with Gasteiger partial charge in [0.25, 0.3) is 0 Å². The third kappa shape index (κ3) is 7.78. The Morgan fingerprint density at radius 3 is 1.52 bits per heavy atom. The average molecular weight is 295 g/mol. The molecular weight excluding hydrogens is 256 g/mol. The van der Waals surface area contributed by atoms with Gasteiger partial charge in [-0.25, -0.2) is 0 Å². The average Bonchev–Trinajstić information content (AvgIpc) is 2.83. The summed E-state index contributed by atoms with van der Waals surface area (Å²) in [6.07, 6.45) is 20.5. The van der Waals surface area contributed by atoms with Crippen molar-refractivity contribution in [2.24, 2.45) is 0 Å². The predicted octanol–water partition coefficient (Wildman–Crippen LogP) is 5.75. The van der Waals surface area contributed by atoms with E-state index in [1.807, 2.05) is 0 Å². The van der Waals surface area contributed by atoms with Gasteiger partial charge in [-0.1, -0.05) is 71.6 Å². The van der Waals surface area contributed by atoms with Gasteiger partial charge < -0.3 is 9.80 Å². The molecule has 21 heavy (non-hydrogen) atoms. The first-order valence-corrected chi connectivity index (χ1v) is 9.49. The Hall–Kier alpha value is -0.660. The Morgan fingerprint density at radius 2 is 1.00 bits per heavy atom. The van der Waals surface area contributed by atoms with Crippen LogP contribution in [0.15, 0.2) is 12.4 Å². The van der Waals surface area contributed by atoms with Crippen molar-refractivity contribution in [3.05, 3.63) is 12.4 Å². The molecule has 1 atom stereocenters. The van der Waals surface area contributed by atoms with Crippen LogP contribution in [0.3, 0.4) is 0 Å². The van der Waals surface area contributed by atoms with Crippen LogP contribution in [0.4, 0.5) is 0 Å². The van der Waals surface area contributed by atoms with Gasteiger partial charge in [0.1, 0.15) is 0 Å². The maximum Gasteiger partial charge on any atom is 0.0977 e. The normalized spacial score (nSPS) is 18.0. The molecule has 1 rings (SSSR count). The molecule has 0 amide bonds. The highest BCUT2D eigenvalue weighted by atomic mass is 15.4. The van der Waals surface area contributed by atoms with Crippen molar-refractivity contribution in [3.63, 3.8) is 0 Å². The molecule has 0 saturated heterocycles. The largest absolute Gasteiger partial charge is 0.356 e. The van der Waals surface area contributed by atoms with E-state index in [1.54, 1.807) is 0 Å². The topological polar surface area (TPSA) is 6.48 Å². The van der Waals surface area contributed by atoms with E-state index in [4.69, 9.17) is 0 Å². The first-order chi connectivity index (χ1) is 10.3. The minimum Gasteiger partial charge on any atom is -0.356 e. The fraction of sp³-hybridized carbons (Fsp3) is 0.895. The summed E-state index contributed by atoms with van der Waals surface area (Å²) in [5.41, 5.74) is 0. The SMILES string of the molecule is CCCCCCCCCCN1C=CN(CCCCC)C1C. The summed E-state index contributed by atoms with van der Waals surface area (Å²) in [4.78, 5) is 5.02. The molecule has 0 N–H and O–H groups in total. The van der Waals surface area contributed by atoms with E-state index in [1.165, 1.54) is 83.7 Å². The van der Waals surface area contributed by atoms with E-state index < -0.39 is 0 Å². The molecule has 1 aliphatic rings. The van der Waals surface area contributed by atoms with Crippen LogP contribution >= 0.6 is 0 Å². The second kappa shape index (κ2) is 11.9. The molecular formula is C19H38N2. The number of unbranched alkanes of at least 4 members (excludes halogenated alkanes) is 9. The van der Waals surface area contributed by atoms with Gasteiger partial charge in [0.2, 0.25) is 0 Å². The van der Waals surface area contributed by atoms with Crippen molar-refractivity contribution in [1.29, 1.82) is 0 Å². The van der Waals surface area contributed by atoms with Crippen LogP contribution in [0.25, 0.3) is 0 Å². The third-order valence-corrected chi connectivity index (χ3v) is 4.70. The lowest BCUT2D eigenvalue weighted by molar-refractivity contribution is 0.165. The number of nitrogens with zero attached hydrogens (tertiary/aromatic N) is 2. The molecule has 0 aromatic rings. The highest BCUT2D eigenvalue weighted by Gasteiger charge is 2.20. The van der Waals surface area contributed by atoms with Crippen molar-refractivity contribution < 1.29 is 0 Å². The van der Waals surface area contributed by atoms with Gasteiger partial charge in [-0.2, -0.15) is 0 Å². The lowest BCUT2D eigenvalue weighted by Crippen LogP contribution is -2.36. The highest BCUT2D eigenvalue weighted by Crippen LogP contribution is 2.18. The van der Waals surface area contributed by atoms with Crippen molar-refractivity contribution in [2.45, 2.75) is 97.6 Å². The van der Waals surface area contributed by atoms with Crippen LogP contribution in [0.5, 0.6) is 0 Å². The molecule has 1 unspecified atom stereocenters. The number of hydrogen-bond acceptors (Lipinski definition) is 2. The summed E-state index contributed by atoms with van der Waals surface area (Å²) >= 11 is 0. The van der Waals surface area contributed by atoms with Crippen LogP contribution in [0.2, 0.25) is 0 Å². The Balaban J connectivity index is 1.99. The zero-order chi connectivity index (χ0) is 15.3. The smallest absolute Gasteiger partial charge is 0.0977 e. The molecule has 0 fully saturated rings. The van der Waals surface area contributed by atoms with Crippen molar-refractivity contribution in [3.8, 4) is 0 Å². The zero-order valence-electron chi connectivity index (χ0n) is 14.8. The van der Waals surface area contributed by atoms with E-state index in [0.29, 0.717) is 6.17 Å². The molecule has 1 aliphatic heterocycles. The quantitative estimate of drug-likeness (QED) is 0.399. The summed E-state index contributed by atoms with van der Waals surface area (Å²) in [5.74, 6) is 0. The lowest BCUT2D eigenvalue weighted by atomic mass is 10.1. The molecule has 1 heterocycles. The first-order valence-electron chi connectivity index (χ1n) is 9.49. The summed E-state index contributed by atoms with van der Waals surface area (Å²) in [6, 6.07) is 0. The summed E-state index contributed by atoms with van der Waals surface area (Å²) < 4.78 is 0. The van der Waals surface area contributed by atoms with Crippen LogP contribution in [0, 0.1) is 0 Å². The van der Waals surface area contributed by atoms with E-state index >= 15 is 0 Å². The van der Waals surface area contributed by atoms with E-state index in [0.717, 1.165) is 0 Å². The summed E-state index contributed by atoms with van der Waals surface area (Å²) in [6.45, 7) is 9.36. The van der Waals surface area contributed by atoms with Gasteiger partial charge in [0, 0.05) is 25.5 Å². The monoisotopic (exact) mass is 294 g/mol. The molecule has 2 heteroatoms. The van der Waals surface area contributed by atoms with E-state index in [9.17, 15) is 0 Å². The second-order valence-corrected chi connectivity index (χ2v) is 6.59. The van der Waals surface area contributed by atoms with Crippen LogP contribution in [-0.4, -0.2) is 29.1 Å². The predicted molar refractivity (Wildman–Crippen MR) is 94.1 cm³/mol. The van der Waals surface area contributed by atoms with Crippen molar-refractivity contribution >= 4 is 0 Å². The summed E-state index contributed by atoms with van der Waals surface area (Å²) in [5, 5.41) is 0. The van der Waals surface area contributed by atoms with Gasteiger partial charge >= 0.3 is 0 Å². The molecule has 124 valence electrons. The molecule has 0 spiro atoms. The fourth-order valence-electron chi connectivity index (χ4n) is 3.11. The highest BCUT2D eigenvalue weighted by molar-refractivity contribution is 4.95. The van der Waals surface area contributed by atoms with Gasteiger partial charge in [-0.15, -0.1) is 0 Å². The fourth-order valence-corrected chi connectivity index (χ4v) is 3.11. The van der Waals surface area contributed by atoms with E-state index in [-0.39, 0.29) is 0 Å². The molecule has 0 radical (unpaired) electrons. The lowest BCUT2D eigenvalue weighted by Gasteiger charge is -2.29. The standard InChI is InChI=1S/C19H38N2/c1-4-6-8-9-10-11-12-14-16-21-18-17-20(19(21)3)15-13-7-5-2/h17-19H,4-16H2,1-3H3. The maximum atomic E-state index is 2.52. The number of hydrogen-bond donors (Lipinski definition) is 0. The maximum absolute atomic E-state index is 2.52. The Morgan fingerprint density at radius 1 is 0.619 bits per heavy atom. The first kappa shape index (κ1) is 18.4. The van der Waals surface area contributed by atoms with Gasteiger partial charge in [-0.05, 0) is 19.8 Å². The summed E-state index contributed by atoms with van der Waals surface area (Å²) in [7, 11) is 0. The van der Waals surface area contributed by atoms with Crippen LogP contribution in [-0.2, 0) is 0 Å². The minimum atomic E-state index is 0.575. The molecule has 0 aromatic heterocycles. The van der Waals surface area contributed by atoms with Gasteiger partial charge in [-0.3, -0.25) is 0 Å². The Labute approximate surface area is 133 Å². The minimum absolute atomic E-state index is 0.575. The molecule has 0 aliphatic carbocycles.